The Labute approximate surface area is 90.0 Å². The maximum absolute atomic E-state index is 11.5. The van der Waals surface area contributed by atoms with Gasteiger partial charge in [0.15, 0.2) is 0 Å². The Bertz CT molecular complexity index is 345. The minimum atomic E-state index is -0.293. The van der Waals surface area contributed by atoms with Crippen LogP contribution in [-0.4, -0.2) is 19.7 Å². The molecule has 3 heteroatoms. The second kappa shape index (κ2) is 5.39. The molecule has 1 aromatic carbocycles. The lowest BCUT2D eigenvalue weighted by Crippen LogP contribution is -2.06. The second-order valence-electron chi connectivity index (χ2n) is 3.37. The number of esters is 1. The van der Waals surface area contributed by atoms with E-state index >= 15 is 0 Å². The van der Waals surface area contributed by atoms with Crippen LogP contribution in [0.2, 0.25) is 0 Å². The predicted molar refractivity (Wildman–Crippen MR) is 58.3 cm³/mol. The Morgan fingerprint density at radius 1 is 1.33 bits per heavy atom. The first-order chi connectivity index (χ1) is 7.17. The number of benzene rings is 1. The highest BCUT2D eigenvalue weighted by atomic mass is 16.5. The average Bonchev–Trinajstić information content (AvgIpc) is 2.24. The summed E-state index contributed by atoms with van der Waals surface area (Å²) in [6, 6.07) is 5.35. The Kier molecular flexibility index (Phi) is 4.16. The fourth-order valence-corrected chi connectivity index (χ4v) is 1.26. The Morgan fingerprint density at radius 2 is 2.07 bits per heavy atom. The third-order valence-electron chi connectivity index (χ3n) is 1.96. The molecule has 0 aromatic heterocycles. The minimum absolute atomic E-state index is 0.293. The minimum Gasteiger partial charge on any atom is -0.497 e. The van der Waals surface area contributed by atoms with Gasteiger partial charge in [0.25, 0.3) is 0 Å². The van der Waals surface area contributed by atoms with E-state index in [0.29, 0.717) is 17.9 Å². The van der Waals surface area contributed by atoms with E-state index < -0.39 is 0 Å². The molecule has 0 heterocycles. The topological polar surface area (TPSA) is 35.5 Å². The quantitative estimate of drug-likeness (QED) is 0.713. The number of ether oxygens (including phenoxy) is 2. The molecule has 0 bridgehead atoms. The van der Waals surface area contributed by atoms with Gasteiger partial charge >= 0.3 is 5.97 Å². The van der Waals surface area contributed by atoms with Crippen LogP contribution < -0.4 is 4.74 Å². The number of carbonyl (C=O) groups excluding carboxylic acids is 1. The van der Waals surface area contributed by atoms with E-state index in [0.717, 1.165) is 12.0 Å². The van der Waals surface area contributed by atoms with Gasteiger partial charge in [0.1, 0.15) is 5.75 Å². The zero-order valence-corrected chi connectivity index (χ0v) is 9.37. The molecule has 0 saturated heterocycles. The van der Waals surface area contributed by atoms with Crippen molar-refractivity contribution in [1.29, 1.82) is 0 Å². The number of rotatable bonds is 4. The van der Waals surface area contributed by atoms with E-state index in [9.17, 15) is 4.79 Å². The molecule has 3 nitrogen and oxygen atoms in total. The highest BCUT2D eigenvalue weighted by Gasteiger charge is 2.08. The van der Waals surface area contributed by atoms with Crippen molar-refractivity contribution in [2.24, 2.45) is 0 Å². The summed E-state index contributed by atoms with van der Waals surface area (Å²) in [7, 11) is 1.58. The summed E-state index contributed by atoms with van der Waals surface area (Å²) in [6.45, 7) is 4.33. The summed E-state index contributed by atoms with van der Waals surface area (Å²) >= 11 is 0. The number of aryl methyl sites for hydroxylation is 1. The highest BCUT2D eigenvalue weighted by Crippen LogP contribution is 2.17. The van der Waals surface area contributed by atoms with Crippen LogP contribution in [0.25, 0.3) is 0 Å². The average molecular weight is 208 g/mol. The molecule has 0 atom stereocenters. The Balaban J connectivity index is 2.83. The van der Waals surface area contributed by atoms with Crippen LogP contribution in [0.4, 0.5) is 0 Å². The van der Waals surface area contributed by atoms with Gasteiger partial charge < -0.3 is 9.47 Å². The van der Waals surface area contributed by atoms with Crippen molar-refractivity contribution in [2.45, 2.75) is 20.3 Å². The van der Waals surface area contributed by atoms with Crippen LogP contribution in [0.5, 0.6) is 5.75 Å². The van der Waals surface area contributed by atoms with Crippen LogP contribution in [0.1, 0.15) is 29.3 Å². The van der Waals surface area contributed by atoms with Crippen molar-refractivity contribution in [1.82, 2.24) is 0 Å². The first-order valence-electron chi connectivity index (χ1n) is 5.00. The van der Waals surface area contributed by atoms with Gasteiger partial charge in [-0.2, -0.15) is 0 Å². The lowest BCUT2D eigenvalue weighted by atomic mass is 10.1. The van der Waals surface area contributed by atoms with Crippen molar-refractivity contribution >= 4 is 5.97 Å². The summed E-state index contributed by atoms with van der Waals surface area (Å²) in [5.41, 5.74) is 1.53. The van der Waals surface area contributed by atoms with Gasteiger partial charge in [-0.25, -0.2) is 4.79 Å². The predicted octanol–water partition coefficient (Wildman–Crippen LogP) is 2.57. The van der Waals surface area contributed by atoms with Gasteiger partial charge in [0.05, 0.1) is 19.3 Å². The summed E-state index contributed by atoms with van der Waals surface area (Å²) < 4.78 is 10.1. The summed E-state index contributed by atoms with van der Waals surface area (Å²) in [6.07, 6.45) is 0.828. The fourth-order valence-electron chi connectivity index (χ4n) is 1.26. The fraction of sp³-hybridized carbons (Fsp3) is 0.417. The van der Waals surface area contributed by atoms with Gasteiger partial charge in [-0.3, -0.25) is 0 Å². The van der Waals surface area contributed by atoms with Gasteiger partial charge in [-0.05, 0) is 37.1 Å². The van der Waals surface area contributed by atoms with E-state index in [4.69, 9.17) is 9.47 Å². The number of methoxy groups -OCH3 is 1. The second-order valence-corrected chi connectivity index (χ2v) is 3.37. The molecule has 82 valence electrons. The number of carbonyl (C=O) groups is 1. The van der Waals surface area contributed by atoms with Crippen LogP contribution >= 0.6 is 0 Å². The molecule has 0 radical (unpaired) electrons. The number of hydrogen-bond donors (Lipinski definition) is 0. The molecule has 0 aliphatic heterocycles. The van der Waals surface area contributed by atoms with Gasteiger partial charge in [-0.1, -0.05) is 6.92 Å². The van der Waals surface area contributed by atoms with E-state index in [2.05, 4.69) is 0 Å². The maximum atomic E-state index is 11.5. The van der Waals surface area contributed by atoms with Gasteiger partial charge in [0, 0.05) is 0 Å². The van der Waals surface area contributed by atoms with E-state index in [1.54, 1.807) is 19.2 Å². The molecule has 0 spiro atoms. The SMILES string of the molecule is CCCOC(=O)c1cc(C)cc(OC)c1. The van der Waals surface area contributed by atoms with Gasteiger partial charge in [-0.15, -0.1) is 0 Å². The summed E-state index contributed by atoms with van der Waals surface area (Å²) in [4.78, 5) is 11.5. The molecule has 0 aliphatic carbocycles. The van der Waals surface area contributed by atoms with E-state index in [1.165, 1.54) is 0 Å². The molecule has 0 unspecified atom stereocenters. The smallest absolute Gasteiger partial charge is 0.338 e. The Hall–Kier alpha value is -1.51. The third-order valence-corrected chi connectivity index (χ3v) is 1.96. The molecule has 0 aliphatic rings. The van der Waals surface area contributed by atoms with Crippen LogP contribution in [-0.2, 0) is 4.74 Å². The third kappa shape index (κ3) is 3.27. The number of hydrogen-bond acceptors (Lipinski definition) is 3. The molecular formula is C12H16O3. The van der Waals surface area contributed by atoms with Crippen LogP contribution in [0, 0.1) is 6.92 Å². The van der Waals surface area contributed by atoms with Crippen molar-refractivity contribution in [3.05, 3.63) is 29.3 Å². The standard InChI is InChI=1S/C12H16O3/c1-4-5-15-12(13)10-6-9(2)7-11(8-10)14-3/h6-8H,4-5H2,1-3H3. The molecule has 0 N–H and O–H groups in total. The first-order valence-corrected chi connectivity index (χ1v) is 5.00. The monoisotopic (exact) mass is 208 g/mol. The molecular weight excluding hydrogens is 192 g/mol. The largest absolute Gasteiger partial charge is 0.497 e. The van der Waals surface area contributed by atoms with Crippen LogP contribution in [0.15, 0.2) is 18.2 Å². The lowest BCUT2D eigenvalue weighted by Gasteiger charge is -2.06. The summed E-state index contributed by atoms with van der Waals surface area (Å²) in [5.74, 6) is 0.386. The molecule has 15 heavy (non-hydrogen) atoms. The lowest BCUT2D eigenvalue weighted by molar-refractivity contribution is 0.0504. The van der Waals surface area contributed by atoms with E-state index in [1.807, 2.05) is 19.9 Å². The maximum Gasteiger partial charge on any atom is 0.338 e. The zero-order chi connectivity index (χ0) is 11.3. The highest BCUT2D eigenvalue weighted by molar-refractivity contribution is 5.90. The molecule has 1 aromatic rings. The zero-order valence-electron chi connectivity index (χ0n) is 9.37. The Morgan fingerprint density at radius 3 is 2.67 bits per heavy atom. The normalized spacial score (nSPS) is 9.80. The molecule has 0 amide bonds. The van der Waals surface area contributed by atoms with E-state index in [-0.39, 0.29) is 5.97 Å². The van der Waals surface area contributed by atoms with Crippen molar-refractivity contribution < 1.29 is 14.3 Å². The van der Waals surface area contributed by atoms with Gasteiger partial charge in [0.2, 0.25) is 0 Å². The summed E-state index contributed by atoms with van der Waals surface area (Å²) in [5, 5.41) is 0. The van der Waals surface area contributed by atoms with Crippen molar-refractivity contribution in [2.75, 3.05) is 13.7 Å². The molecule has 0 fully saturated rings. The van der Waals surface area contributed by atoms with Crippen molar-refractivity contribution in [3.8, 4) is 5.75 Å². The van der Waals surface area contributed by atoms with Crippen LogP contribution in [0.3, 0.4) is 0 Å². The molecule has 0 saturated carbocycles. The first kappa shape index (κ1) is 11.6. The molecule has 1 rings (SSSR count). The van der Waals surface area contributed by atoms with Crippen molar-refractivity contribution in [3.63, 3.8) is 0 Å².